The van der Waals surface area contributed by atoms with Gasteiger partial charge in [-0.15, -0.1) is 11.3 Å². The van der Waals surface area contributed by atoms with Crippen LogP contribution in [0.5, 0.6) is 0 Å². The summed E-state index contributed by atoms with van der Waals surface area (Å²) >= 11 is 4.91. The standard InChI is InChI=1S/C19H24BrN3O3S/c1-5-10(2)26-19(25)14-12-8-6-7-9-13(12)27-18(14)21-17(24)16-15(20)11(3)23(4)22-16/h10H,5-9H2,1-4H3,(H,21,24). The fourth-order valence-electron chi connectivity index (χ4n) is 3.08. The van der Waals surface area contributed by atoms with Gasteiger partial charge in [0.05, 0.1) is 21.8 Å². The van der Waals surface area contributed by atoms with Crippen molar-refractivity contribution in [2.45, 2.75) is 59.0 Å². The summed E-state index contributed by atoms with van der Waals surface area (Å²) < 4.78 is 7.88. The van der Waals surface area contributed by atoms with Crippen LogP contribution in [0.4, 0.5) is 5.00 Å². The molecule has 1 aliphatic carbocycles. The van der Waals surface area contributed by atoms with Crippen LogP contribution in [-0.4, -0.2) is 27.8 Å². The third-order valence-corrected chi connectivity index (χ3v) is 7.12. The van der Waals surface area contributed by atoms with Crippen molar-refractivity contribution >= 4 is 44.1 Å². The Balaban J connectivity index is 1.94. The molecule has 0 aliphatic heterocycles. The van der Waals surface area contributed by atoms with Gasteiger partial charge in [-0.05, 0) is 67.4 Å². The maximum atomic E-state index is 12.8. The Hall–Kier alpha value is -1.67. The number of nitrogens with zero attached hydrogens (tertiary/aromatic N) is 2. The lowest BCUT2D eigenvalue weighted by Gasteiger charge is -2.15. The molecule has 0 saturated heterocycles. The second kappa shape index (κ2) is 8.14. The van der Waals surface area contributed by atoms with Gasteiger partial charge in [-0.3, -0.25) is 9.48 Å². The molecule has 27 heavy (non-hydrogen) atoms. The number of rotatable bonds is 5. The number of hydrogen-bond acceptors (Lipinski definition) is 5. The normalized spacial score (nSPS) is 14.6. The maximum absolute atomic E-state index is 12.8. The topological polar surface area (TPSA) is 73.2 Å². The zero-order valence-corrected chi connectivity index (χ0v) is 18.4. The Morgan fingerprint density at radius 2 is 2.07 bits per heavy atom. The summed E-state index contributed by atoms with van der Waals surface area (Å²) in [6, 6.07) is 0. The Morgan fingerprint density at radius 3 is 2.70 bits per heavy atom. The van der Waals surface area contributed by atoms with Gasteiger partial charge in [-0.25, -0.2) is 4.79 Å². The van der Waals surface area contributed by atoms with Crippen LogP contribution in [0.25, 0.3) is 0 Å². The van der Waals surface area contributed by atoms with Crippen molar-refractivity contribution in [1.82, 2.24) is 9.78 Å². The second-order valence-corrected chi connectivity index (χ2v) is 8.76. The molecule has 0 aromatic carbocycles. The minimum atomic E-state index is -0.352. The monoisotopic (exact) mass is 453 g/mol. The fourth-order valence-corrected chi connectivity index (χ4v) is 4.87. The summed E-state index contributed by atoms with van der Waals surface area (Å²) in [4.78, 5) is 26.8. The number of carbonyl (C=O) groups excluding carboxylic acids is 2. The predicted octanol–water partition coefficient (Wildman–Crippen LogP) is 4.64. The van der Waals surface area contributed by atoms with E-state index in [1.807, 2.05) is 20.8 Å². The van der Waals surface area contributed by atoms with E-state index in [9.17, 15) is 9.59 Å². The van der Waals surface area contributed by atoms with Gasteiger partial charge in [-0.1, -0.05) is 6.92 Å². The third kappa shape index (κ3) is 3.96. The molecule has 2 heterocycles. The van der Waals surface area contributed by atoms with Crippen LogP contribution in [0.15, 0.2) is 4.47 Å². The molecule has 1 atom stereocenters. The summed E-state index contributed by atoms with van der Waals surface area (Å²) in [7, 11) is 1.79. The highest BCUT2D eigenvalue weighted by Crippen LogP contribution is 2.39. The van der Waals surface area contributed by atoms with Gasteiger partial charge in [0.25, 0.3) is 5.91 Å². The smallest absolute Gasteiger partial charge is 0.341 e. The molecule has 0 bridgehead atoms. The van der Waals surface area contributed by atoms with Crippen LogP contribution in [0, 0.1) is 6.92 Å². The molecule has 3 rings (SSSR count). The van der Waals surface area contributed by atoms with Crippen LogP contribution < -0.4 is 5.32 Å². The van der Waals surface area contributed by atoms with E-state index in [-0.39, 0.29) is 18.0 Å². The van der Waals surface area contributed by atoms with E-state index in [0.29, 0.717) is 20.7 Å². The zero-order chi connectivity index (χ0) is 19.7. The third-order valence-electron chi connectivity index (χ3n) is 4.96. The quantitative estimate of drug-likeness (QED) is 0.669. The average molecular weight is 454 g/mol. The molecule has 1 unspecified atom stereocenters. The van der Waals surface area contributed by atoms with Gasteiger partial charge in [-0.2, -0.15) is 5.10 Å². The molecular formula is C19H24BrN3O3S. The summed E-state index contributed by atoms with van der Waals surface area (Å²) in [5.74, 6) is -0.683. The predicted molar refractivity (Wildman–Crippen MR) is 110 cm³/mol. The number of esters is 1. The molecule has 1 aliphatic rings. The van der Waals surface area contributed by atoms with E-state index in [0.717, 1.165) is 43.4 Å². The van der Waals surface area contributed by atoms with Crippen LogP contribution >= 0.6 is 27.3 Å². The number of amides is 1. The van der Waals surface area contributed by atoms with Crippen LogP contribution in [0.3, 0.4) is 0 Å². The SMILES string of the molecule is CCC(C)OC(=O)c1c(NC(=O)c2nn(C)c(C)c2Br)sc2c1CCCC2. The molecule has 0 saturated carbocycles. The highest BCUT2D eigenvalue weighted by Gasteiger charge is 2.29. The average Bonchev–Trinajstić information content (AvgIpc) is 3.13. The van der Waals surface area contributed by atoms with E-state index < -0.39 is 0 Å². The highest BCUT2D eigenvalue weighted by molar-refractivity contribution is 9.10. The van der Waals surface area contributed by atoms with E-state index in [2.05, 4.69) is 26.3 Å². The molecule has 146 valence electrons. The van der Waals surface area contributed by atoms with Crippen LogP contribution in [0.1, 0.15) is 70.1 Å². The highest BCUT2D eigenvalue weighted by atomic mass is 79.9. The Bertz CT molecular complexity index is 887. The number of anilines is 1. The lowest BCUT2D eigenvalue weighted by atomic mass is 9.95. The van der Waals surface area contributed by atoms with E-state index in [1.165, 1.54) is 16.2 Å². The van der Waals surface area contributed by atoms with E-state index in [1.54, 1.807) is 11.7 Å². The Labute approximate surface area is 171 Å². The molecule has 2 aromatic heterocycles. The van der Waals surface area contributed by atoms with Gasteiger partial charge in [0.2, 0.25) is 0 Å². The minimum absolute atomic E-state index is 0.159. The molecule has 1 amide bonds. The first kappa shape index (κ1) is 20.1. The largest absolute Gasteiger partial charge is 0.459 e. The summed E-state index contributed by atoms with van der Waals surface area (Å²) in [6.07, 6.45) is 4.52. The van der Waals surface area contributed by atoms with Gasteiger partial charge in [0.15, 0.2) is 5.69 Å². The number of aromatic nitrogens is 2. The van der Waals surface area contributed by atoms with Crippen molar-refractivity contribution in [2.75, 3.05) is 5.32 Å². The van der Waals surface area contributed by atoms with Crippen LogP contribution in [0.2, 0.25) is 0 Å². The number of ether oxygens (including phenoxy) is 1. The number of fused-ring (bicyclic) bond motifs is 1. The second-order valence-electron chi connectivity index (χ2n) is 6.86. The lowest BCUT2D eigenvalue weighted by molar-refractivity contribution is 0.0335. The maximum Gasteiger partial charge on any atom is 0.341 e. The number of carbonyl (C=O) groups is 2. The molecule has 0 spiro atoms. The van der Waals surface area contributed by atoms with Gasteiger partial charge in [0, 0.05) is 11.9 Å². The first-order valence-corrected chi connectivity index (χ1v) is 10.8. The fraction of sp³-hybridized carbons (Fsp3) is 0.526. The molecule has 2 aromatic rings. The first-order valence-electron chi connectivity index (χ1n) is 9.19. The number of thiophene rings is 1. The summed E-state index contributed by atoms with van der Waals surface area (Å²) in [5, 5.41) is 7.75. The lowest BCUT2D eigenvalue weighted by Crippen LogP contribution is -2.19. The molecule has 6 nitrogen and oxygen atoms in total. The Kier molecular flexibility index (Phi) is 6.05. The summed E-state index contributed by atoms with van der Waals surface area (Å²) in [6.45, 7) is 5.74. The Morgan fingerprint density at radius 1 is 1.37 bits per heavy atom. The minimum Gasteiger partial charge on any atom is -0.459 e. The van der Waals surface area contributed by atoms with Crippen molar-refractivity contribution in [2.24, 2.45) is 7.05 Å². The summed E-state index contributed by atoms with van der Waals surface area (Å²) in [5.41, 5.74) is 2.72. The molecule has 0 radical (unpaired) electrons. The van der Waals surface area contributed by atoms with Crippen LogP contribution in [-0.2, 0) is 24.6 Å². The molecule has 8 heteroatoms. The van der Waals surface area contributed by atoms with Crippen molar-refractivity contribution in [1.29, 1.82) is 0 Å². The molecular weight excluding hydrogens is 430 g/mol. The number of nitrogens with one attached hydrogen (secondary N) is 1. The van der Waals surface area contributed by atoms with Gasteiger partial charge in [0.1, 0.15) is 5.00 Å². The van der Waals surface area contributed by atoms with Gasteiger partial charge >= 0.3 is 5.97 Å². The molecule has 1 N–H and O–H groups in total. The number of aryl methyl sites for hydroxylation is 2. The van der Waals surface area contributed by atoms with Crippen molar-refractivity contribution in [3.63, 3.8) is 0 Å². The zero-order valence-electron chi connectivity index (χ0n) is 16.0. The number of halogens is 1. The molecule has 0 fully saturated rings. The van der Waals surface area contributed by atoms with Gasteiger partial charge < -0.3 is 10.1 Å². The first-order chi connectivity index (χ1) is 12.8. The number of hydrogen-bond donors (Lipinski definition) is 1. The van der Waals surface area contributed by atoms with Crippen molar-refractivity contribution < 1.29 is 14.3 Å². The van der Waals surface area contributed by atoms with E-state index in [4.69, 9.17) is 4.74 Å². The van der Waals surface area contributed by atoms with Crippen molar-refractivity contribution in [3.05, 3.63) is 31.9 Å². The van der Waals surface area contributed by atoms with Crippen molar-refractivity contribution in [3.8, 4) is 0 Å². The van der Waals surface area contributed by atoms with E-state index >= 15 is 0 Å².